The van der Waals surface area contributed by atoms with Crippen molar-refractivity contribution in [1.82, 2.24) is 10.3 Å². The third kappa shape index (κ3) is 5.82. The maximum Gasteiger partial charge on any atom is 0.338 e. The second-order valence-electron chi connectivity index (χ2n) is 7.91. The molecule has 13 heteroatoms. The molecule has 0 radical (unpaired) electrons. The van der Waals surface area contributed by atoms with Gasteiger partial charge in [-0.15, -0.1) is 0 Å². The summed E-state index contributed by atoms with van der Waals surface area (Å²) in [5.41, 5.74) is -0.688. The lowest BCUT2D eigenvalue weighted by Gasteiger charge is -2.18. The molecule has 4 aromatic rings. The van der Waals surface area contributed by atoms with Gasteiger partial charge < -0.3 is 14.2 Å². The zero-order valence-electron chi connectivity index (χ0n) is 20.3. The van der Waals surface area contributed by atoms with Crippen LogP contribution in [0.2, 0.25) is 0 Å². The number of imide groups is 1. The number of hydrogen-bond acceptors (Lipinski definition) is 7. The van der Waals surface area contributed by atoms with Crippen LogP contribution >= 0.6 is 12.8 Å². The number of urea groups is 1. The van der Waals surface area contributed by atoms with Gasteiger partial charge in [-0.3, -0.25) is 15.1 Å². The first kappa shape index (κ1) is 27.5. The number of nitrogens with one attached hydrogen (secondary N) is 1. The van der Waals surface area contributed by atoms with E-state index in [9.17, 15) is 27.2 Å². The van der Waals surface area contributed by atoms with E-state index in [1.54, 1.807) is 18.2 Å². The number of anilines is 1. The number of pyridine rings is 1. The minimum atomic E-state index is -1.55. The Morgan fingerprint density at radius 2 is 1.59 bits per heavy atom. The highest BCUT2D eigenvalue weighted by Gasteiger charge is 2.22. The number of benzene rings is 3. The lowest BCUT2D eigenvalue weighted by atomic mass is 10.1. The number of nitrogens with zero attached hydrogens (tertiary/aromatic N) is 2. The fraction of sp³-hybridized carbons (Fsp3) is 0.115. The van der Waals surface area contributed by atoms with Crippen LogP contribution in [0.15, 0.2) is 54.7 Å². The van der Waals surface area contributed by atoms with Crippen molar-refractivity contribution in [2.75, 3.05) is 18.5 Å². The molecule has 1 aromatic heterocycles. The van der Waals surface area contributed by atoms with E-state index in [1.165, 1.54) is 32.5 Å². The smallest absolute Gasteiger partial charge is 0.338 e. The van der Waals surface area contributed by atoms with Crippen LogP contribution in [0.4, 0.5) is 28.0 Å². The molecule has 0 bridgehead atoms. The van der Waals surface area contributed by atoms with Crippen molar-refractivity contribution < 1.29 is 41.4 Å². The molecule has 0 unspecified atom stereocenters. The van der Waals surface area contributed by atoms with E-state index < -0.39 is 47.2 Å². The van der Waals surface area contributed by atoms with Gasteiger partial charge in [-0.05, 0) is 36.4 Å². The topological polar surface area (TPSA) is 90.0 Å². The van der Waals surface area contributed by atoms with Crippen LogP contribution in [0.5, 0.6) is 23.0 Å². The Hall–Kier alpha value is -4.52. The van der Waals surface area contributed by atoms with E-state index >= 15 is 0 Å². The number of carbonyl (C=O) groups excluding carboxylic acids is 2. The molecule has 0 saturated carbocycles. The summed E-state index contributed by atoms with van der Waals surface area (Å²) < 4.78 is 72.7. The molecule has 0 saturated heterocycles. The summed E-state index contributed by atoms with van der Waals surface area (Å²) in [5, 5.41) is 2.37. The molecule has 4 rings (SSSR count). The van der Waals surface area contributed by atoms with Crippen LogP contribution in [-0.4, -0.2) is 31.1 Å². The highest BCUT2D eigenvalue weighted by molar-refractivity contribution is 7.82. The minimum Gasteiger partial charge on any atom is -0.493 e. The second kappa shape index (κ2) is 11.5. The van der Waals surface area contributed by atoms with Gasteiger partial charge in [0.2, 0.25) is 5.91 Å². The van der Waals surface area contributed by atoms with Crippen molar-refractivity contribution in [3.05, 3.63) is 83.6 Å². The normalized spacial score (nSPS) is 10.7. The van der Waals surface area contributed by atoms with E-state index in [1.807, 2.05) is 5.32 Å². The minimum absolute atomic E-state index is 0.0637. The molecule has 0 fully saturated rings. The summed E-state index contributed by atoms with van der Waals surface area (Å²) in [6, 6.07) is 8.37. The van der Waals surface area contributed by atoms with Crippen molar-refractivity contribution in [2.45, 2.75) is 6.42 Å². The van der Waals surface area contributed by atoms with Gasteiger partial charge in [-0.2, -0.15) is 0 Å². The number of ether oxygens (including phenoxy) is 3. The van der Waals surface area contributed by atoms with E-state index in [0.29, 0.717) is 44.6 Å². The molecule has 1 N–H and O–H groups in total. The summed E-state index contributed by atoms with van der Waals surface area (Å²) in [6.07, 6.45) is 0.515. The highest BCUT2D eigenvalue weighted by Crippen LogP contribution is 2.37. The van der Waals surface area contributed by atoms with E-state index in [-0.39, 0.29) is 11.4 Å². The standard InChI is InChI=1S/C26H19F4N3O5S/c1-36-22-10-15-19(12-23(22)37-2)31-8-7-21(15)38-13-3-6-20(18(29)9-13)33(39)26(35)32-24(34)11-14-16(27)4-5-17(28)25(14)30/h3-10,12,39H,11H2,1-2H3,(H,32,34,35). The molecular weight excluding hydrogens is 542 g/mol. The first-order valence-corrected chi connectivity index (χ1v) is 11.5. The van der Waals surface area contributed by atoms with Crippen LogP contribution in [-0.2, 0) is 11.2 Å². The first-order chi connectivity index (χ1) is 18.6. The van der Waals surface area contributed by atoms with Crippen LogP contribution in [0.3, 0.4) is 0 Å². The molecule has 3 aromatic carbocycles. The predicted octanol–water partition coefficient (Wildman–Crippen LogP) is 5.73. The van der Waals surface area contributed by atoms with Gasteiger partial charge in [-0.1, -0.05) is 12.8 Å². The quantitative estimate of drug-likeness (QED) is 0.170. The van der Waals surface area contributed by atoms with Crippen LogP contribution in [0.25, 0.3) is 10.9 Å². The third-order valence-corrected chi connectivity index (χ3v) is 5.89. The fourth-order valence-electron chi connectivity index (χ4n) is 3.60. The van der Waals surface area contributed by atoms with Gasteiger partial charge in [-0.25, -0.2) is 26.7 Å². The molecule has 0 atom stereocenters. The van der Waals surface area contributed by atoms with Crippen LogP contribution in [0.1, 0.15) is 5.56 Å². The van der Waals surface area contributed by atoms with Gasteiger partial charge in [0.05, 0.1) is 31.8 Å². The number of fused-ring (bicyclic) bond motifs is 1. The Bertz CT molecular complexity index is 1590. The molecule has 202 valence electrons. The molecular formula is C26H19F4N3O5S. The number of carbonyl (C=O) groups is 2. The molecule has 1 heterocycles. The number of halogens is 4. The fourth-order valence-corrected chi connectivity index (χ4v) is 3.82. The maximum atomic E-state index is 14.9. The monoisotopic (exact) mass is 561 g/mol. The molecule has 8 nitrogen and oxygen atoms in total. The van der Waals surface area contributed by atoms with E-state index in [0.717, 1.165) is 6.07 Å². The zero-order valence-corrected chi connectivity index (χ0v) is 21.2. The van der Waals surface area contributed by atoms with Crippen LogP contribution in [0, 0.1) is 23.3 Å². The maximum absolute atomic E-state index is 14.9. The first-order valence-electron chi connectivity index (χ1n) is 11.1. The number of rotatable bonds is 7. The summed E-state index contributed by atoms with van der Waals surface area (Å²) in [4.78, 5) is 28.8. The zero-order chi connectivity index (χ0) is 28.3. The Morgan fingerprint density at radius 3 is 2.28 bits per heavy atom. The van der Waals surface area contributed by atoms with Gasteiger partial charge in [0, 0.05) is 29.3 Å². The lowest BCUT2D eigenvalue weighted by Crippen LogP contribution is -2.39. The number of methoxy groups -OCH3 is 2. The Morgan fingerprint density at radius 1 is 0.897 bits per heavy atom. The van der Waals surface area contributed by atoms with Crippen molar-refractivity contribution in [2.24, 2.45) is 0 Å². The number of aromatic nitrogens is 1. The number of thiol groups is 1. The van der Waals surface area contributed by atoms with Crippen molar-refractivity contribution in [3.8, 4) is 23.0 Å². The predicted molar refractivity (Wildman–Crippen MR) is 136 cm³/mol. The molecule has 0 spiro atoms. The summed E-state index contributed by atoms with van der Waals surface area (Å²) in [5.74, 6) is -4.90. The average Bonchev–Trinajstić information content (AvgIpc) is 2.92. The van der Waals surface area contributed by atoms with Crippen molar-refractivity contribution >= 4 is 41.3 Å². The Kier molecular flexibility index (Phi) is 8.10. The second-order valence-corrected chi connectivity index (χ2v) is 8.31. The van der Waals surface area contributed by atoms with E-state index in [2.05, 4.69) is 17.8 Å². The van der Waals surface area contributed by atoms with Gasteiger partial charge >= 0.3 is 6.03 Å². The largest absolute Gasteiger partial charge is 0.493 e. The van der Waals surface area contributed by atoms with Gasteiger partial charge in [0.15, 0.2) is 29.0 Å². The molecule has 0 aliphatic rings. The van der Waals surface area contributed by atoms with Gasteiger partial charge in [0.1, 0.15) is 17.3 Å². The average molecular weight is 562 g/mol. The molecule has 0 aliphatic carbocycles. The Balaban J connectivity index is 1.49. The summed E-state index contributed by atoms with van der Waals surface area (Å²) >= 11 is 3.91. The highest BCUT2D eigenvalue weighted by atomic mass is 32.1. The third-order valence-electron chi connectivity index (χ3n) is 5.50. The summed E-state index contributed by atoms with van der Waals surface area (Å²) in [6.45, 7) is 0. The summed E-state index contributed by atoms with van der Waals surface area (Å²) in [7, 11) is 2.96. The number of amides is 3. The lowest BCUT2D eigenvalue weighted by molar-refractivity contribution is -0.119. The van der Waals surface area contributed by atoms with Gasteiger partial charge in [0.25, 0.3) is 0 Å². The molecule has 39 heavy (non-hydrogen) atoms. The Labute approximate surface area is 224 Å². The molecule has 0 aliphatic heterocycles. The SMILES string of the molecule is COc1cc2nccc(Oc3ccc(N(S)C(=O)NC(=O)Cc4c(F)ccc(F)c4F)c(F)c3)c2cc1OC. The van der Waals surface area contributed by atoms with Crippen molar-refractivity contribution in [3.63, 3.8) is 0 Å². The van der Waals surface area contributed by atoms with E-state index in [4.69, 9.17) is 14.2 Å². The molecule has 3 amide bonds. The van der Waals surface area contributed by atoms with Crippen LogP contribution < -0.4 is 23.8 Å². The van der Waals surface area contributed by atoms with Crippen molar-refractivity contribution in [1.29, 1.82) is 0 Å². The number of hydrogen-bond donors (Lipinski definition) is 2.